The van der Waals surface area contributed by atoms with Crippen LogP contribution in [0.25, 0.3) is 0 Å². The molecule has 0 aliphatic heterocycles. The minimum atomic E-state index is -0.584. The summed E-state index contributed by atoms with van der Waals surface area (Å²) in [6, 6.07) is 2.95. The molecular formula is C11H15ClN2O2. The van der Waals surface area contributed by atoms with Gasteiger partial charge in [-0.3, -0.25) is 0 Å². The van der Waals surface area contributed by atoms with Crippen LogP contribution in [-0.4, -0.2) is 11.6 Å². The first-order valence-corrected chi connectivity index (χ1v) is 5.16. The van der Waals surface area contributed by atoms with Crippen LogP contribution in [0.1, 0.15) is 31.1 Å². The molecule has 0 atom stereocenters. The molecule has 1 aromatic carbocycles. The van der Waals surface area contributed by atoms with Crippen molar-refractivity contribution in [2.75, 3.05) is 11.5 Å². The molecule has 0 aliphatic carbocycles. The van der Waals surface area contributed by atoms with Gasteiger partial charge < -0.3 is 16.2 Å². The third-order valence-corrected chi connectivity index (χ3v) is 2.16. The molecular weight excluding hydrogens is 228 g/mol. The zero-order chi connectivity index (χ0) is 12.5. The predicted molar refractivity (Wildman–Crippen MR) is 65.4 cm³/mol. The number of hydrogen-bond donors (Lipinski definition) is 2. The number of carbonyl (C=O) groups excluding carboxylic acids is 1. The maximum absolute atomic E-state index is 11.8. The summed E-state index contributed by atoms with van der Waals surface area (Å²) in [5.74, 6) is -0.531. The standard InChI is InChI=1S/C11H15ClN2O2/c1-11(2,3)16-10(15)7-4-6(13)5-8(14)9(7)12/h4-5H,13-14H2,1-3H3. The van der Waals surface area contributed by atoms with Crippen LogP contribution in [0.5, 0.6) is 0 Å². The molecule has 0 saturated carbocycles. The lowest BCUT2D eigenvalue weighted by atomic mass is 10.1. The van der Waals surface area contributed by atoms with Crippen LogP contribution in [0.15, 0.2) is 12.1 Å². The van der Waals surface area contributed by atoms with E-state index in [-0.39, 0.29) is 16.3 Å². The van der Waals surface area contributed by atoms with Crippen molar-refractivity contribution in [2.24, 2.45) is 0 Å². The number of esters is 1. The summed E-state index contributed by atoms with van der Waals surface area (Å²) < 4.78 is 5.18. The summed E-state index contributed by atoms with van der Waals surface area (Å²) in [6.45, 7) is 5.32. The summed E-state index contributed by atoms with van der Waals surface area (Å²) in [7, 11) is 0. The van der Waals surface area contributed by atoms with E-state index in [4.69, 9.17) is 27.8 Å². The molecule has 88 valence electrons. The summed E-state index contributed by atoms with van der Waals surface area (Å²) >= 11 is 5.91. The van der Waals surface area contributed by atoms with E-state index < -0.39 is 11.6 Å². The van der Waals surface area contributed by atoms with E-state index in [9.17, 15) is 4.79 Å². The van der Waals surface area contributed by atoms with Crippen molar-refractivity contribution in [1.82, 2.24) is 0 Å². The highest BCUT2D eigenvalue weighted by molar-refractivity contribution is 6.36. The second-order valence-electron chi connectivity index (χ2n) is 4.47. The van der Waals surface area contributed by atoms with Gasteiger partial charge in [0.25, 0.3) is 0 Å². The number of hydrogen-bond acceptors (Lipinski definition) is 4. The number of anilines is 2. The van der Waals surface area contributed by atoms with Crippen LogP contribution in [-0.2, 0) is 4.74 Å². The molecule has 0 saturated heterocycles. The molecule has 1 aromatic rings. The van der Waals surface area contributed by atoms with Gasteiger partial charge in [0.2, 0.25) is 0 Å². The Morgan fingerprint density at radius 3 is 2.38 bits per heavy atom. The number of nitrogens with two attached hydrogens (primary N) is 2. The van der Waals surface area contributed by atoms with E-state index in [1.807, 2.05) is 0 Å². The van der Waals surface area contributed by atoms with E-state index in [0.29, 0.717) is 5.69 Å². The van der Waals surface area contributed by atoms with Gasteiger partial charge in [-0.05, 0) is 32.9 Å². The third-order valence-electron chi connectivity index (χ3n) is 1.74. The Hall–Kier alpha value is -1.42. The van der Waals surface area contributed by atoms with E-state index in [1.54, 1.807) is 20.8 Å². The van der Waals surface area contributed by atoms with Gasteiger partial charge in [0, 0.05) is 5.69 Å². The van der Waals surface area contributed by atoms with Crippen LogP contribution in [0.3, 0.4) is 0 Å². The zero-order valence-electron chi connectivity index (χ0n) is 9.50. The highest BCUT2D eigenvalue weighted by Gasteiger charge is 2.21. The maximum Gasteiger partial charge on any atom is 0.340 e. The fraction of sp³-hybridized carbons (Fsp3) is 0.364. The Morgan fingerprint density at radius 2 is 1.88 bits per heavy atom. The fourth-order valence-corrected chi connectivity index (χ4v) is 1.34. The monoisotopic (exact) mass is 242 g/mol. The Morgan fingerprint density at radius 1 is 1.31 bits per heavy atom. The van der Waals surface area contributed by atoms with Crippen LogP contribution in [0.4, 0.5) is 11.4 Å². The van der Waals surface area contributed by atoms with Gasteiger partial charge in [-0.25, -0.2) is 4.79 Å². The van der Waals surface area contributed by atoms with Crippen molar-refractivity contribution in [1.29, 1.82) is 0 Å². The minimum Gasteiger partial charge on any atom is -0.456 e. The summed E-state index contributed by atoms with van der Waals surface area (Å²) in [5, 5.41) is 0.170. The van der Waals surface area contributed by atoms with Crippen molar-refractivity contribution in [3.05, 3.63) is 22.7 Å². The van der Waals surface area contributed by atoms with Crippen molar-refractivity contribution >= 4 is 28.9 Å². The Kier molecular flexibility index (Phi) is 3.33. The Labute approximate surface area is 99.5 Å². The first-order valence-electron chi connectivity index (χ1n) is 4.78. The first-order chi connectivity index (χ1) is 7.20. The average Bonchev–Trinajstić information content (AvgIpc) is 2.08. The number of ether oxygens (including phenoxy) is 1. The highest BCUT2D eigenvalue weighted by atomic mass is 35.5. The van der Waals surface area contributed by atoms with Gasteiger partial charge >= 0.3 is 5.97 Å². The number of halogens is 1. The van der Waals surface area contributed by atoms with Gasteiger partial charge in [0.15, 0.2) is 0 Å². The van der Waals surface area contributed by atoms with Crippen molar-refractivity contribution < 1.29 is 9.53 Å². The first kappa shape index (κ1) is 12.6. The number of benzene rings is 1. The highest BCUT2D eigenvalue weighted by Crippen LogP contribution is 2.28. The van der Waals surface area contributed by atoms with Gasteiger partial charge in [0.05, 0.1) is 16.3 Å². The SMILES string of the molecule is CC(C)(C)OC(=O)c1cc(N)cc(N)c1Cl. The molecule has 4 nitrogen and oxygen atoms in total. The number of nitrogen functional groups attached to an aromatic ring is 2. The molecule has 0 aliphatic rings. The molecule has 0 unspecified atom stereocenters. The smallest absolute Gasteiger partial charge is 0.340 e. The van der Waals surface area contributed by atoms with E-state index >= 15 is 0 Å². The minimum absolute atomic E-state index is 0.170. The molecule has 0 amide bonds. The summed E-state index contributed by atoms with van der Waals surface area (Å²) in [5.41, 5.74) is 11.4. The molecule has 1 rings (SSSR count). The summed E-state index contributed by atoms with van der Waals surface area (Å²) in [6.07, 6.45) is 0. The van der Waals surface area contributed by atoms with Crippen LogP contribution in [0.2, 0.25) is 5.02 Å². The molecule has 0 spiro atoms. The third kappa shape index (κ3) is 3.03. The zero-order valence-corrected chi connectivity index (χ0v) is 10.3. The van der Waals surface area contributed by atoms with Gasteiger partial charge in [-0.1, -0.05) is 11.6 Å². The van der Waals surface area contributed by atoms with Crippen LogP contribution in [0, 0.1) is 0 Å². The molecule has 5 heteroatoms. The van der Waals surface area contributed by atoms with Crippen LogP contribution < -0.4 is 11.5 Å². The normalized spacial score (nSPS) is 11.2. The lowest BCUT2D eigenvalue weighted by Gasteiger charge is -2.20. The lowest BCUT2D eigenvalue weighted by molar-refractivity contribution is 0.00699. The fourth-order valence-electron chi connectivity index (χ4n) is 1.15. The van der Waals surface area contributed by atoms with E-state index in [1.165, 1.54) is 12.1 Å². The second kappa shape index (κ2) is 4.22. The van der Waals surface area contributed by atoms with Crippen molar-refractivity contribution in [3.8, 4) is 0 Å². The Balaban J connectivity index is 3.09. The molecule has 0 radical (unpaired) electrons. The lowest BCUT2D eigenvalue weighted by Crippen LogP contribution is -2.24. The van der Waals surface area contributed by atoms with Gasteiger partial charge in [-0.15, -0.1) is 0 Å². The average molecular weight is 243 g/mol. The van der Waals surface area contributed by atoms with Gasteiger partial charge in [-0.2, -0.15) is 0 Å². The van der Waals surface area contributed by atoms with E-state index in [2.05, 4.69) is 0 Å². The van der Waals surface area contributed by atoms with Gasteiger partial charge in [0.1, 0.15) is 5.60 Å². The molecule has 0 aromatic heterocycles. The maximum atomic E-state index is 11.8. The van der Waals surface area contributed by atoms with E-state index in [0.717, 1.165) is 0 Å². The van der Waals surface area contributed by atoms with Crippen LogP contribution >= 0.6 is 11.6 Å². The second-order valence-corrected chi connectivity index (χ2v) is 4.85. The topological polar surface area (TPSA) is 78.3 Å². The molecule has 4 N–H and O–H groups in total. The molecule has 0 bridgehead atoms. The largest absolute Gasteiger partial charge is 0.456 e. The molecule has 0 heterocycles. The number of rotatable bonds is 1. The molecule has 0 fully saturated rings. The summed E-state index contributed by atoms with van der Waals surface area (Å²) in [4.78, 5) is 11.8. The molecule has 16 heavy (non-hydrogen) atoms. The Bertz CT molecular complexity index is 425. The van der Waals surface area contributed by atoms with Crippen molar-refractivity contribution in [2.45, 2.75) is 26.4 Å². The quantitative estimate of drug-likeness (QED) is 0.586. The van der Waals surface area contributed by atoms with Crippen molar-refractivity contribution in [3.63, 3.8) is 0 Å². The predicted octanol–water partition coefficient (Wildman–Crippen LogP) is 2.46. The number of carbonyl (C=O) groups is 1.